The quantitative estimate of drug-likeness (QED) is 0.785. The van der Waals surface area contributed by atoms with Gasteiger partial charge in [0.2, 0.25) is 5.95 Å². The maximum absolute atomic E-state index is 10.3. The first-order valence-corrected chi connectivity index (χ1v) is 8.20. The normalized spacial score (nSPS) is 28.0. The van der Waals surface area contributed by atoms with Crippen molar-refractivity contribution >= 4 is 40.2 Å². The van der Waals surface area contributed by atoms with Crippen LogP contribution in [0.4, 0.5) is 5.95 Å². The van der Waals surface area contributed by atoms with Crippen molar-refractivity contribution in [3.05, 3.63) is 22.2 Å². The lowest BCUT2D eigenvalue weighted by atomic mass is 10.1. The van der Waals surface area contributed by atoms with Gasteiger partial charge in [-0.2, -0.15) is 0 Å². The summed E-state index contributed by atoms with van der Waals surface area (Å²) in [5, 5.41) is 24.3. The third kappa shape index (κ3) is 2.90. The summed E-state index contributed by atoms with van der Waals surface area (Å²) in [6.07, 6.45) is -3.28. The fourth-order valence-electron chi connectivity index (χ4n) is 2.75. The fraction of sp³-hybridized carbons (Fsp3) is 0.533. The minimum Gasteiger partial charge on any atom is -0.388 e. The number of aromatic nitrogens is 2. The van der Waals surface area contributed by atoms with Crippen LogP contribution in [0.2, 0.25) is 10.0 Å². The first-order chi connectivity index (χ1) is 10.8. The van der Waals surface area contributed by atoms with Crippen molar-refractivity contribution in [1.82, 2.24) is 9.55 Å². The van der Waals surface area contributed by atoms with Crippen molar-refractivity contribution in [2.45, 2.75) is 51.4 Å². The zero-order valence-corrected chi connectivity index (χ0v) is 14.5. The number of halogens is 2. The summed E-state index contributed by atoms with van der Waals surface area (Å²) in [5.41, 5.74) is 1.31. The van der Waals surface area contributed by atoms with Crippen molar-refractivity contribution in [2.75, 3.05) is 5.32 Å². The predicted octanol–water partition coefficient (Wildman–Crippen LogP) is 2.80. The van der Waals surface area contributed by atoms with Crippen LogP contribution in [-0.4, -0.2) is 44.1 Å². The molecule has 0 radical (unpaired) electrons. The second-order valence-electron chi connectivity index (χ2n) is 6.07. The highest BCUT2D eigenvalue weighted by atomic mass is 35.5. The third-order valence-corrected chi connectivity index (χ3v) is 4.60. The van der Waals surface area contributed by atoms with Crippen LogP contribution in [-0.2, 0) is 4.74 Å². The molecule has 1 fully saturated rings. The first-order valence-electron chi connectivity index (χ1n) is 7.44. The SMILES string of the molecule is CC(C)Nc1nc2cc(Cl)c(Cl)cc2n1[C@H]1O[C@@H](C)[C@H](O)[C@@H]1O. The Morgan fingerprint density at radius 3 is 2.43 bits per heavy atom. The Hall–Kier alpha value is -1.05. The molecule has 0 aliphatic carbocycles. The van der Waals surface area contributed by atoms with E-state index in [1.54, 1.807) is 23.6 Å². The summed E-state index contributed by atoms with van der Waals surface area (Å²) in [6.45, 7) is 5.67. The summed E-state index contributed by atoms with van der Waals surface area (Å²) >= 11 is 12.2. The number of nitrogens with zero attached hydrogens (tertiary/aromatic N) is 2. The van der Waals surface area contributed by atoms with E-state index in [4.69, 9.17) is 27.9 Å². The van der Waals surface area contributed by atoms with Crippen molar-refractivity contribution < 1.29 is 14.9 Å². The zero-order chi connectivity index (χ0) is 16.9. The molecule has 6 nitrogen and oxygen atoms in total. The fourth-order valence-corrected chi connectivity index (χ4v) is 3.06. The zero-order valence-electron chi connectivity index (χ0n) is 13.0. The van der Waals surface area contributed by atoms with Crippen LogP contribution in [0.15, 0.2) is 12.1 Å². The number of hydrogen-bond acceptors (Lipinski definition) is 5. The summed E-state index contributed by atoms with van der Waals surface area (Å²) in [4.78, 5) is 4.52. The molecule has 23 heavy (non-hydrogen) atoms. The Morgan fingerprint density at radius 1 is 1.22 bits per heavy atom. The third-order valence-electron chi connectivity index (χ3n) is 3.88. The molecular weight excluding hydrogens is 341 g/mol. The van der Waals surface area contributed by atoms with E-state index in [0.717, 1.165) is 0 Å². The number of benzene rings is 1. The highest BCUT2D eigenvalue weighted by molar-refractivity contribution is 6.42. The number of hydrogen-bond donors (Lipinski definition) is 3. The Morgan fingerprint density at radius 2 is 1.87 bits per heavy atom. The molecule has 126 valence electrons. The van der Waals surface area contributed by atoms with Gasteiger partial charge >= 0.3 is 0 Å². The van der Waals surface area contributed by atoms with E-state index < -0.39 is 24.5 Å². The van der Waals surface area contributed by atoms with Gasteiger partial charge in [-0.1, -0.05) is 23.2 Å². The van der Waals surface area contributed by atoms with E-state index in [0.29, 0.717) is 27.0 Å². The van der Waals surface area contributed by atoms with Gasteiger partial charge < -0.3 is 20.3 Å². The molecule has 2 heterocycles. The van der Waals surface area contributed by atoms with Crippen LogP contribution >= 0.6 is 23.2 Å². The highest BCUT2D eigenvalue weighted by Gasteiger charge is 2.42. The number of aliphatic hydroxyl groups excluding tert-OH is 2. The average molecular weight is 360 g/mol. The molecular formula is C15H19Cl2N3O3. The number of fused-ring (bicyclic) bond motifs is 1. The number of anilines is 1. The molecule has 2 aromatic rings. The summed E-state index contributed by atoms with van der Waals surface area (Å²) in [7, 11) is 0. The van der Waals surface area contributed by atoms with Gasteiger partial charge in [0, 0.05) is 6.04 Å². The lowest BCUT2D eigenvalue weighted by Gasteiger charge is -2.21. The largest absolute Gasteiger partial charge is 0.388 e. The first kappa shape index (κ1) is 16.8. The van der Waals surface area contributed by atoms with Gasteiger partial charge in [-0.05, 0) is 32.9 Å². The minimum atomic E-state index is -1.07. The number of rotatable bonds is 3. The molecule has 4 atom stereocenters. The topological polar surface area (TPSA) is 79.5 Å². The van der Waals surface area contributed by atoms with Gasteiger partial charge in [-0.15, -0.1) is 0 Å². The van der Waals surface area contributed by atoms with E-state index >= 15 is 0 Å². The van der Waals surface area contributed by atoms with E-state index in [9.17, 15) is 10.2 Å². The standard InChI is InChI=1S/C15H19Cl2N3O3/c1-6(2)18-15-19-10-4-8(16)9(17)5-11(10)20(15)14-13(22)12(21)7(3)23-14/h4-7,12-14,21-22H,1-3H3,(H,18,19)/t7-,12-,13-,14-/m0/s1. The van der Waals surface area contributed by atoms with E-state index in [-0.39, 0.29) is 6.04 Å². The summed E-state index contributed by atoms with van der Waals surface area (Å²) in [6, 6.07) is 3.48. The van der Waals surface area contributed by atoms with Crippen LogP contribution < -0.4 is 5.32 Å². The van der Waals surface area contributed by atoms with Gasteiger partial charge in [-0.25, -0.2) is 4.98 Å². The van der Waals surface area contributed by atoms with Crippen molar-refractivity contribution in [1.29, 1.82) is 0 Å². The van der Waals surface area contributed by atoms with Crippen LogP contribution in [0.3, 0.4) is 0 Å². The Bertz CT molecular complexity index is 734. The van der Waals surface area contributed by atoms with E-state index in [1.807, 2.05) is 13.8 Å². The van der Waals surface area contributed by atoms with Crippen LogP contribution in [0.5, 0.6) is 0 Å². The lowest BCUT2D eigenvalue weighted by molar-refractivity contribution is -0.0284. The molecule has 3 N–H and O–H groups in total. The summed E-state index contributed by atoms with van der Waals surface area (Å²) < 4.78 is 7.45. The number of nitrogens with one attached hydrogen (secondary N) is 1. The van der Waals surface area contributed by atoms with Crippen LogP contribution in [0.25, 0.3) is 11.0 Å². The second kappa shape index (κ2) is 6.11. The Kier molecular flexibility index (Phi) is 4.46. The van der Waals surface area contributed by atoms with Gasteiger partial charge in [0.05, 0.1) is 27.2 Å². The van der Waals surface area contributed by atoms with Crippen LogP contribution in [0, 0.1) is 0 Å². The molecule has 1 saturated heterocycles. The number of ether oxygens (including phenoxy) is 1. The maximum Gasteiger partial charge on any atom is 0.206 e. The highest BCUT2D eigenvalue weighted by Crippen LogP contribution is 2.37. The van der Waals surface area contributed by atoms with Crippen molar-refractivity contribution in [2.24, 2.45) is 0 Å². The van der Waals surface area contributed by atoms with Crippen molar-refractivity contribution in [3.8, 4) is 0 Å². The van der Waals surface area contributed by atoms with Gasteiger partial charge in [0.1, 0.15) is 12.2 Å². The van der Waals surface area contributed by atoms with Crippen molar-refractivity contribution in [3.63, 3.8) is 0 Å². The number of imidazole rings is 1. The monoisotopic (exact) mass is 359 g/mol. The lowest BCUT2D eigenvalue weighted by Crippen LogP contribution is -2.31. The Labute approximate surface area is 144 Å². The van der Waals surface area contributed by atoms with Gasteiger partial charge in [0.25, 0.3) is 0 Å². The van der Waals surface area contributed by atoms with Gasteiger partial charge in [-0.3, -0.25) is 4.57 Å². The molecule has 0 bridgehead atoms. The number of aliphatic hydroxyl groups is 2. The minimum absolute atomic E-state index is 0.123. The molecule has 1 aliphatic rings. The smallest absolute Gasteiger partial charge is 0.206 e. The molecule has 0 spiro atoms. The molecule has 0 unspecified atom stereocenters. The van der Waals surface area contributed by atoms with E-state index in [2.05, 4.69) is 10.3 Å². The molecule has 1 aromatic carbocycles. The molecule has 0 saturated carbocycles. The maximum atomic E-state index is 10.3. The Balaban J connectivity index is 2.18. The van der Waals surface area contributed by atoms with Crippen LogP contribution in [0.1, 0.15) is 27.0 Å². The second-order valence-corrected chi connectivity index (χ2v) is 6.89. The van der Waals surface area contributed by atoms with Gasteiger partial charge in [0.15, 0.2) is 6.23 Å². The molecule has 8 heteroatoms. The molecule has 0 amide bonds. The average Bonchev–Trinajstić information content (AvgIpc) is 2.91. The molecule has 1 aliphatic heterocycles. The molecule has 1 aromatic heterocycles. The predicted molar refractivity (Wildman–Crippen MR) is 90.1 cm³/mol. The summed E-state index contributed by atoms with van der Waals surface area (Å²) in [5.74, 6) is 0.527. The van der Waals surface area contributed by atoms with E-state index in [1.165, 1.54) is 0 Å². The molecule has 3 rings (SSSR count).